The van der Waals surface area contributed by atoms with Gasteiger partial charge in [-0.05, 0) is 32.9 Å². The zero-order valence-electron chi connectivity index (χ0n) is 16.3. The molecule has 0 aliphatic carbocycles. The molecule has 1 aromatic heterocycles. The average Bonchev–Trinajstić information content (AvgIpc) is 2.64. The number of amides is 2. The highest BCUT2D eigenvalue weighted by atomic mass is 127. The summed E-state index contributed by atoms with van der Waals surface area (Å²) < 4.78 is 5.19. The van der Waals surface area contributed by atoms with Crippen LogP contribution in [0.15, 0.2) is 36.7 Å². The summed E-state index contributed by atoms with van der Waals surface area (Å²) in [5.41, 5.74) is 0.568. The molecule has 1 fully saturated rings. The Morgan fingerprint density at radius 1 is 1.29 bits per heavy atom. The van der Waals surface area contributed by atoms with Crippen LogP contribution in [0.1, 0.15) is 20.8 Å². The number of alkyl carbamates (subject to hydrolysis) is 1. The number of hydrogen-bond donors (Lipinski definition) is 1. The number of nitrogens with one attached hydrogen (secondary N) is 1. The van der Waals surface area contributed by atoms with Crippen molar-refractivity contribution >= 4 is 51.1 Å². The van der Waals surface area contributed by atoms with Gasteiger partial charge in [0.05, 0.1) is 0 Å². The van der Waals surface area contributed by atoms with Crippen LogP contribution in [0.2, 0.25) is 0 Å². The summed E-state index contributed by atoms with van der Waals surface area (Å²) >= 11 is 2.29. The van der Waals surface area contributed by atoms with Crippen LogP contribution in [0.5, 0.6) is 0 Å². The number of fused-ring (bicyclic) bond motifs is 1. The quantitative estimate of drug-likeness (QED) is 0.402. The van der Waals surface area contributed by atoms with Crippen LogP contribution in [0.4, 0.5) is 10.5 Å². The van der Waals surface area contributed by atoms with E-state index < -0.39 is 11.7 Å². The monoisotopic (exact) mass is 496 g/mol. The Morgan fingerprint density at radius 3 is 2.79 bits per heavy atom. The highest BCUT2D eigenvalue weighted by Crippen LogP contribution is 2.29. The number of rotatable bonds is 3. The van der Waals surface area contributed by atoms with Crippen molar-refractivity contribution in [2.45, 2.75) is 30.4 Å². The van der Waals surface area contributed by atoms with E-state index in [0.29, 0.717) is 6.54 Å². The number of carbonyl (C=O) groups excluding carboxylic acids is 2. The lowest BCUT2D eigenvalue weighted by Crippen LogP contribution is -2.55. The van der Waals surface area contributed by atoms with E-state index >= 15 is 0 Å². The minimum atomic E-state index is -0.585. The third-order valence-corrected chi connectivity index (χ3v) is 5.49. The molecule has 1 aromatic carbocycles. The fraction of sp³-hybridized carbons (Fsp3) is 0.450. The minimum Gasteiger partial charge on any atom is -0.444 e. The maximum Gasteiger partial charge on any atom is 0.408 e. The van der Waals surface area contributed by atoms with Gasteiger partial charge in [-0.3, -0.25) is 9.78 Å². The molecule has 2 heterocycles. The SMILES string of the molecule is CC(C)(C)OC(=O)NCC(=O)N1CCN(c2cccc3cnccc23)CC1I. The van der Waals surface area contributed by atoms with Crippen LogP contribution in [0.3, 0.4) is 0 Å². The first-order valence-corrected chi connectivity index (χ1v) is 10.5. The van der Waals surface area contributed by atoms with Crippen LogP contribution < -0.4 is 10.2 Å². The van der Waals surface area contributed by atoms with Crippen molar-refractivity contribution in [2.75, 3.05) is 31.1 Å². The molecule has 1 N–H and O–H groups in total. The van der Waals surface area contributed by atoms with E-state index in [2.05, 4.69) is 49.9 Å². The average molecular weight is 496 g/mol. The summed E-state index contributed by atoms with van der Waals surface area (Å²) in [5, 5.41) is 4.81. The zero-order chi connectivity index (χ0) is 20.3. The Bertz CT molecular complexity index is 863. The van der Waals surface area contributed by atoms with Gasteiger partial charge >= 0.3 is 6.09 Å². The van der Waals surface area contributed by atoms with Gasteiger partial charge in [0.15, 0.2) is 0 Å². The number of benzene rings is 1. The smallest absolute Gasteiger partial charge is 0.408 e. The van der Waals surface area contributed by atoms with Crippen LogP contribution >= 0.6 is 22.6 Å². The molecule has 3 rings (SSSR count). The summed E-state index contributed by atoms with van der Waals surface area (Å²) in [6, 6.07) is 8.21. The van der Waals surface area contributed by atoms with Gasteiger partial charge in [0.2, 0.25) is 5.91 Å². The number of aromatic nitrogens is 1. The molecule has 150 valence electrons. The largest absolute Gasteiger partial charge is 0.444 e. The van der Waals surface area contributed by atoms with Crippen molar-refractivity contribution in [3.63, 3.8) is 0 Å². The van der Waals surface area contributed by atoms with Gasteiger partial charge < -0.3 is 19.9 Å². The van der Waals surface area contributed by atoms with Crippen LogP contribution in [0.25, 0.3) is 10.8 Å². The van der Waals surface area contributed by atoms with Crippen molar-refractivity contribution in [2.24, 2.45) is 0 Å². The minimum absolute atomic E-state index is 0.0105. The Labute approximate surface area is 178 Å². The van der Waals surface area contributed by atoms with E-state index in [1.807, 2.05) is 18.3 Å². The highest BCUT2D eigenvalue weighted by molar-refractivity contribution is 14.1. The molecule has 2 aromatic rings. The van der Waals surface area contributed by atoms with Gasteiger partial charge in [-0.1, -0.05) is 34.7 Å². The number of pyridine rings is 1. The third-order valence-electron chi connectivity index (χ3n) is 4.42. The molecule has 28 heavy (non-hydrogen) atoms. The number of ether oxygens (including phenoxy) is 1. The molecule has 0 radical (unpaired) electrons. The van der Waals surface area contributed by atoms with Crippen LogP contribution in [-0.4, -0.2) is 57.7 Å². The predicted octanol–water partition coefficient (Wildman–Crippen LogP) is 3.17. The van der Waals surface area contributed by atoms with Crippen molar-refractivity contribution < 1.29 is 14.3 Å². The van der Waals surface area contributed by atoms with Crippen molar-refractivity contribution in [3.05, 3.63) is 36.7 Å². The molecule has 1 aliphatic rings. The topological polar surface area (TPSA) is 74.8 Å². The van der Waals surface area contributed by atoms with E-state index in [9.17, 15) is 9.59 Å². The van der Waals surface area contributed by atoms with E-state index in [1.54, 1.807) is 31.9 Å². The Morgan fingerprint density at radius 2 is 2.07 bits per heavy atom. The number of carbonyl (C=O) groups is 2. The van der Waals surface area contributed by atoms with Crippen LogP contribution in [0, 0.1) is 0 Å². The molecule has 8 heteroatoms. The molecule has 7 nitrogen and oxygen atoms in total. The second-order valence-corrected chi connectivity index (χ2v) is 9.13. The molecule has 1 unspecified atom stereocenters. The number of alkyl halides is 1. The lowest BCUT2D eigenvalue weighted by molar-refractivity contribution is -0.130. The fourth-order valence-corrected chi connectivity index (χ4v) is 4.25. The van der Waals surface area contributed by atoms with Gasteiger partial charge in [0.25, 0.3) is 0 Å². The molecule has 0 saturated carbocycles. The van der Waals surface area contributed by atoms with Gasteiger partial charge in [-0.15, -0.1) is 0 Å². The van der Waals surface area contributed by atoms with Gasteiger partial charge in [0.1, 0.15) is 16.2 Å². The Hall–Kier alpha value is -2.10. The number of halogens is 1. The van der Waals surface area contributed by atoms with Gasteiger partial charge in [-0.2, -0.15) is 0 Å². The number of piperazine rings is 1. The number of hydrogen-bond acceptors (Lipinski definition) is 5. The fourth-order valence-electron chi connectivity index (χ4n) is 3.18. The molecule has 1 atom stereocenters. The van der Waals surface area contributed by atoms with Crippen molar-refractivity contribution in [1.82, 2.24) is 15.2 Å². The Kier molecular flexibility index (Phi) is 6.26. The second-order valence-electron chi connectivity index (χ2n) is 7.70. The van der Waals surface area contributed by atoms with E-state index in [-0.39, 0.29) is 16.5 Å². The number of nitrogens with zero attached hydrogens (tertiary/aromatic N) is 3. The standard InChI is InChI=1S/C20H25IN4O3/c1-20(2,3)28-19(27)23-12-18(26)25-10-9-24(13-17(25)21)16-6-4-5-14-11-22-8-7-15(14)16/h4-8,11,17H,9-10,12-13H2,1-3H3,(H,23,27). The lowest BCUT2D eigenvalue weighted by atomic mass is 10.1. The van der Waals surface area contributed by atoms with Gasteiger partial charge in [-0.25, -0.2) is 4.79 Å². The first-order valence-electron chi connectivity index (χ1n) is 9.23. The maximum atomic E-state index is 12.6. The maximum absolute atomic E-state index is 12.6. The molecule has 0 spiro atoms. The Balaban J connectivity index is 1.60. The van der Waals surface area contributed by atoms with Crippen molar-refractivity contribution in [1.29, 1.82) is 0 Å². The first kappa shape index (κ1) is 20.6. The third kappa shape index (κ3) is 5.03. The summed E-state index contributed by atoms with van der Waals surface area (Å²) in [6.07, 6.45) is 3.09. The molecule has 1 aliphatic heterocycles. The molecule has 1 saturated heterocycles. The van der Waals surface area contributed by atoms with Crippen molar-refractivity contribution in [3.8, 4) is 0 Å². The summed E-state index contributed by atoms with van der Waals surface area (Å²) in [5.74, 6) is -0.105. The molecule has 2 amide bonds. The summed E-state index contributed by atoms with van der Waals surface area (Å²) in [6.45, 7) is 7.37. The normalized spacial score (nSPS) is 17.5. The second kappa shape index (κ2) is 8.50. The summed E-state index contributed by atoms with van der Waals surface area (Å²) in [4.78, 5) is 32.6. The van der Waals surface area contributed by atoms with Gasteiger partial charge in [0, 0.05) is 48.5 Å². The molecular weight excluding hydrogens is 471 g/mol. The molecule has 0 bridgehead atoms. The van der Waals surface area contributed by atoms with E-state index in [4.69, 9.17) is 4.74 Å². The highest BCUT2D eigenvalue weighted by Gasteiger charge is 2.29. The van der Waals surface area contributed by atoms with E-state index in [0.717, 1.165) is 29.5 Å². The van der Waals surface area contributed by atoms with Crippen LogP contribution in [-0.2, 0) is 9.53 Å². The first-order chi connectivity index (χ1) is 13.2. The zero-order valence-corrected chi connectivity index (χ0v) is 18.5. The molecular formula is C20H25IN4O3. The lowest BCUT2D eigenvalue weighted by Gasteiger charge is -2.40. The number of anilines is 1. The van der Waals surface area contributed by atoms with E-state index in [1.165, 1.54) is 0 Å². The summed E-state index contributed by atoms with van der Waals surface area (Å²) in [7, 11) is 0. The predicted molar refractivity (Wildman–Crippen MR) is 118 cm³/mol.